The minimum atomic E-state index is -4.34. The van der Waals surface area contributed by atoms with E-state index >= 15 is 0 Å². The number of carbonyl (C=O) groups excluding carboxylic acids is 3. The van der Waals surface area contributed by atoms with Gasteiger partial charge in [0, 0.05) is 6.54 Å². The molecule has 2 aliphatic heterocycles. The molecule has 4 rings (SSSR count). The van der Waals surface area contributed by atoms with Crippen molar-refractivity contribution < 1.29 is 42.6 Å². The molecule has 2 fully saturated rings. The summed E-state index contributed by atoms with van der Waals surface area (Å²) in [7, 11) is -4.34. The number of aliphatic hydroxyl groups is 1. The summed E-state index contributed by atoms with van der Waals surface area (Å²) in [5.74, 6) is -1.58. The highest BCUT2D eigenvalue weighted by molar-refractivity contribution is 7.52. The maximum absolute atomic E-state index is 14.0. The lowest BCUT2D eigenvalue weighted by Crippen LogP contribution is -2.60. The average molecular weight is 615 g/mol. The molecule has 0 radical (unpaired) electrons. The first-order valence-corrected chi connectivity index (χ1v) is 15.3. The van der Waals surface area contributed by atoms with Crippen LogP contribution in [0, 0.1) is 22.7 Å². The summed E-state index contributed by atoms with van der Waals surface area (Å²) in [6.07, 6.45) is -4.54. The quantitative estimate of drug-likeness (QED) is 0.250. The fourth-order valence-corrected chi connectivity index (χ4v) is 6.27. The number of esters is 1. The van der Waals surface area contributed by atoms with E-state index in [1.165, 1.54) is 18.7 Å². The zero-order chi connectivity index (χ0) is 31.4. The third-order valence-electron chi connectivity index (χ3n) is 7.36. The number of ether oxygens (including phenoxy) is 2. The first-order chi connectivity index (χ1) is 20.4. The summed E-state index contributed by atoms with van der Waals surface area (Å²) in [4.78, 5) is 38.6. The Kier molecular flexibility index (Phi) is 9.89. The largest absolute Gasteiger partial charge is 0.459 e. The molecule has 3 N–H and O–H groups in total. The van der Waals surface area contributed by atoms with Crippen molar-refractivity contribution in [2.75, 3.05) is 13.2 Å². The van der Waals surface area contributed by atoms with Crippen molar-refractivity contribution in [3.8, 4) is 11.8 Å². The Morgan fingerprint density at radius 3 is 2.47 bits per heavy atom. The summed E-state index contributed by atoms with van der Waals surface area (Å²) in [6, 6.07) is 17.3. The summed E-state index contributed by atoms with van der Waals surface area (Å²) < 4.78 is 36.8. The van der Waals surface area contributed by atoms with Crippen LogP contribution in [0.5, 0.6) is 5.75 Å². The van der Waals surface area contributed by atoms with Gasteiger partial charge in [0.25, 0.3) is 0 Å². The predicted molar refractivity (Wildman–Crippen MR) is 152 cm³/mol. The Morgan fingerprint density at radius 1 is 1.21 bits per heavy atom. The number of carbonyl (C=O) groups is 3. The Bertz CT molecular complexity index is 1410. The normalized spacial score (nSPS) is 28.2. The van der Waals surface area contributed by atoms with Gasteiger partial charge >= 0.3 is 19.7 Å². The van der Waals surface area contributed by atoms with Gasteiger partial charge in [0.2, 0.25) is 5.91 Å². The number of benzene rings is 2. The molecule has 2 saturated heterocycles. The van der Waals surface area contributed by atoms with Crippen molar-refractivity contribution in [2.45, 2.75) is 58.3 Å². The molecule has 2 heterocycles. The number of hydrogen-bond donors (Lipinski definition) is 3. The fraction of sp³-hybridized carbons (Fsp3) is 0.448. The van der Waals surface area contributed by atoms with Crippen LogP contribution in [0.3, 0.4) is 0 Å². The Morgan fingerprint density at radius 2 is 1.84 bits per heavy atom. The number of nitrogens with one attached hydrogen (secondary N) is 2. The molecular formula is C29H35N4O9P. The van der Waals surface area contributed by atoms with Gasteiger partial charge in [0.1, 0.15) is 35.5 Å². The van der Waals surface area contributed by atoms with Gasteiger partial charge in [-0.3, -0.25) is 24.3 Å². The molecule has 0 saturated carbocycles. The number of urea groups is 1. The van der Waals surface area contributed by atoms with Crippen LogP contribution in [-0.2, 0) is 28.2 Å². The maximum atomic E-state index is 14.0. The first kappa shape index (κ1) is 32.1. The lowest BCUT2D eigenvalue weighted by atomic mass is 9.83. The van der Waals surface area contributed by atoms with E-state index in [9.17, 15) is 29.3 Å². The summed E-state index contributed by atoms with van der Waals surface area (Å²) in [5.41, 5.74) is -0.847. The maximum Gasteiger partial charge on any atom is 0.459 e. The smallest absolute Gasteiger partial charge is 0.457 e. The standard InChI is InChI=1S/C29H35N4O9P/c1-18-15-33(28(37)31-25(18)35)27-29(4,17-30)24(34)23(41-27)16-39-43(38,42-22-13-9-6-10-14-22)32-19(2)26(36)40-20(3)21-11-7-5-8-12-21/h5-14,18-20,23-24,27,34H,15-16H2,1-4H3,(H,32,38)(H,31,35,37)/t18?,19?,20-,23?,24+,27+,29+,43?/m0/s1. The molecule has 2 aliphatic rings. The van der Waals surface area contributed by atoms with E-state index in [2.05, 4.69) is 10.4 Å². The number of para-hydroxylation sites is 1. The summed E-state index contributed by atoms with van der Waals surface area (Å²) >= 11 is 0. The average Bonchev–Trinajstić information content (AvgIpc) is 3.24. The third kappa shape index (κ3) is 7.24. The number of imide groups is 1. The molecule has 4 unspecified atom stereocenters. The first-order valence-electron chi connectivity index (χ1n) is 13.8. The van der Waals surface area contributed by atoms with E-state index in [0.29, 0.717) is 0 Å². The number of nitrogens with zero attached hydrogens (tertiary/aromatic N) is 2. The summed E-state index contributed by atoms with van der Waals surface area (Å²) in [5, 5.41) is 25.9. The van der Waals surface area contributed by atoms with E-state index < -0.39 is 74.2 Å². The molecule has 0 spiro atoms. The molecule has 3 amide bonds. The monoisotopic (exact) mass is 614 g/mol. The molecule has 13 nitrogen and oxygen atoms in total. The fourth-order valence-electron chi connectivity index (χ4n) is 4.77. The molecule has 2 aromatic rings. The topological polar surface area (TPSA) is 177 Å². The van der Waals surface area contributed by atoms with Crippen LogP contribution in [0.25, 0.3) is 0 Å². The highest BCUT2D eigenvalue weighted by atomic mass is 31.2. The van der Waals surface area contributed by atoms with E-state index in [0.717, 1.165) is 5.56 Å². The number of amides is 3. The zero-order valence-electron chi connectivity index (χ0n) is 24.2. The van der Waals surface area contributed by atoms with E-state index in [1.54, 1.807) is 44.2 Å². The van der Waals surface area contributed by atoms with Crippen LogP contribution in [0.2, 0.25) is 0 Å². The molecule has 0 bridgehead atoms. The highest BCUT2D eigenvalue weighted by Gasteiger charge is 2.58. The van der Waals surface area contributed by atoms with Gasteiger partial charge in [-0.1, -0.05) is 55.5 Å². The zero-order valence-corrected chi connectivity index (χ0v) is 25.1. The van der Waals surface area contributed by atoms with Crippen molar-refractivity contribution >= 4 is 25.7 Å². The van der Waals surface area contributed by atoms with Crippen molar-refractivity contribution in [1.82, 2.24) is 15.3 Å². The van der Waals surface area contributed by atoms with Crippen LogP contribution in [0.4, 0.5) is 4.79 Å². The SMILES string of the molecule is CC1CN([C@@H]2OC(COP(=O)(NC(C)C(=O)O[C@@H](C)c3ccccc3)Oc3ccccc3)[C@@H](O)[C@@]2(C)C#N)C(=O)NC1=O. The lowest BCUT2D eigenvalue weighted by molar-refractivity contribution is -0.150. The molecule has 43 heavy (non-hydrogen) atoms. The number of nitriles is 1. The second-order valence-electron chi connectivity index (χ2n) is 10.8. The van der Waals surface area contributed by atoms with Gasteiger partial charge in [-0.2, -0.15) is 10.3 Å². The predicted octanol–water partition coefficient (Wildman–Crippen LogP) is 3.28. The molecule has 0 aromatic heterocycles. The van der Waals surface area contributed by atoms with Gasteiger partial charge < -0.3 is 19.1 Å². The Hall–Kier alpha value is -3.79. The Labute approximate surface area is 249 Å². The van der Waals surface area contributed by atoms with E-state index in [1.807, 2.05) is 36.4 Å². The Balaban J connectivity index is 1.49. The molecule has 0 aliphatic carbocycles. The third-order valence-corrected chi connectivity index (χ3v) is 9.00. The van der Waals surface area contributed by atoms with Gasteiger partial charge in [0.15, 0.2) is 6.23 Å². The second kappa shape index (κ2) is 13.2. The minimum absolute atomic E-state index is 0.0366. The minimum Gasteiger partial charge on any atom is -0.457 e. The second-order valence-corrected chi connectivity index (χ2v) is 12.4. The van der Waals surface area contributed by atoms with Crippen molar-refractivity contribution in [2.24, 2.45) is 11.3 Å². The molecule has 14 heteroatoms. The van der Waals surface area contributed by atoms with E-state index in [-0.39, 0.29) is 12.3 Å². The van der Waals surface area contributed by atoms with Gasteiger partial charge in [0.05, 0.1) is 18.6 Å². The molecule has 230 valence electrons. The van der Waals surface area contributed by atoms with Crippen molar-refractivity contribution in [1.29, 1.82) is 5.26 Å². The molecule has 8 atom stereocenters. The van der Waals surface area contributed by atoms with Gasteiger partial charge in [-0.05, 0) is 38.5 Å². The van der Waals surface area contributed by atoms with Crippen molar-refractivity contribution in [3.63, 3.8) is 0 Å². The van der Waals surface area contributed by atoms with Crippen LogP contribution < -0.4 is 14.9 Å². The van der Waals surface area contributed by atoms with Gasteiger partial charge in [-0.25, -0.2) is 9.36 Å². The number of aliphatic hydroxyl groups excluding tert-OH is 1. The summed E-state index contributed by atoms with van der Waals surface area (Å²) in [6.45, 7) is 5.59. The van der Waals surface area contributed by atoms with Crippen LogP contribution in [0.1, 0.15) is 39.4 Å². The van der Waals surface area contributed by atoms with Crippen LogP contribution >= 0.6 is 7.75 Å². The molecular weight excluding hydrogens is 579 g/mol. The lowest BCUT2D eigenvalue weighted by Gasteiger charge is -2.38. The number of hydrogen-bond acceptors (Lipinski definition) is 10. The van der Waals surface area contributed by atoms with Crippen molar-refractivity contribution in [3.05, 3.63) is 66.2 Å². The van der Waals surface area contributed by atoms with Gasteiger partial charge in [-0.15, -0.1) is 0 Å². The van der Waals surface area contributed by atoms with Crippen LogP contribution in [-0.4, -0.2) is 65.5 Å². The van der Waals surface area contributed by atoms with E-state index in [4.69, 9.17) is 18.5 Å². The van der Waals surface area contributed by atoms with Crippen LogP contribution in [0.15, 0.2) is 60.7 Å². The number of rotatable bonds is 11. The highest BCUT2D eigenvalue weighted by Crippen LogP contribution is 2.47. The molecule has 2 aromatic carbocycles.